The van der Waals surface area contributed by atoms with Crippen LogP contribution < -0.4 is 0 Å². The van der Waals surface area contributed by atoms with Gasteiger partial charge in [0.25, 0.3) is 0 Å². The van der Waals surface area contributed by atoms with Crippen LogP contribution in [-0.4, -0.2) is 0 Å². The molecule has 0 aliphatic heterocycles. The van der Waals surface area contributed by atoms with Gasteiger partial charge in [0.2, 0.25) is 0 Å². The highest BCUT2D eigenvalue weighted by molar-refractivity contribution is 5.05. The van der Waals surface area contributed by atoms with Gasteiger partial charge in [-0.1, -0.05) is 218 Å². The second-order valence-electron chi connectivity index (χ2n) is 26.9. The van der Waals surface area contributed by atoms with Gasteiger partial charge in [-0.2, -0.15) is 0 Å². The molecule has 0 radical (unpaired) electrons. The summed E-state index contributed by atoms with van der Waals surface area (Å²) in [7, 11) is 0. The Labute approximate surface area is 379 Å². The minimum absolute atomic E-state index is 0.472. The van der Waals surface area contributed by atoms with Crippen molar-refractivity contribution < 1.29 is 0 Å². The first-order valence-electron chi connectivity index (χ1n) is 28.5. The third kappa shape index (κ3) is 14.5. The Bertz CT molecular complexity index is 1020. The Kier molecular flexibility index (Phi) is 20.4. The first-order chi connectivity index (χ1) is 28.5. The molecule has 0 heterocycles. The Balaban J connectivity index is 0.000000153. The van der Waals surface area contributed by atoms with Crippen LogP contribution in [0.15, 0.2) is 0 Å². The molecular weight excluding hydrogens is 721 g/mol. The van der Waals surface area contributed by atoms with Crippen LogP contribution in [0.2, 0.25) is 0 Å². The van der Waals surface area contributed by atoms with Crippen molar-refractivity contribution in [2.45, 2.75) is 282 Å². The maximum absolute atomic E-state index is 2.62. The lowest BCUT2D eigenvalue weighted by molar-refractivity contribution is -0.121. The van der Waals surface area contributed by atoms with Crippen molar-refractivity contribution in [3.63, 3.8) is 0 Å². The lowest BCUT2D eigenvalue weighted by Gasteiger charge is -2.61. The van der Waals surface area contributed by atoms with Gasteiger partial charge in [-0.25, -0.2) is 0 Å². The van der Waals surface area contributed by atoms with Crippen LogP contribution in [0.25, 0.3) is 0 Å². The molecule has 0 N–H and O–H groups in total. The molecule has 8 saturated carbocycles. The third-order valence-electron chi connectivity index (χ3n) is 21.3. The lowest BCUT2D eigenvalue weighted by atomic mass is 9.43. The molecule has 8 rings (SSSR count). The van der Waals surface area contributed by atoms with Gasteiger partial charge in [0, 0.05) is 0 Å². The first kappa shape index (κ1) is 51.0. The topological polar surface area (TPSA) is 0 Å². The summed E-state index contributed by atoms with van der Waals surface area (Å²) in [5, 5.41) is 0. The van der Waals surface area contributed by atoms with E-state index in [2.05, 4.69) is 83.1 Å². The van der Waals surface area contributed by atoms with Crippen molar-refractivity contribution in [2.75, 3.05) is 0 Å². The molecule has 0 aromatic heterocycles. The molecule has 0 aromatic rings. The molecule has 0 amide bonds. The van der Waals surface area contributed by atoms with Crippen LogP contribution in [0, 0.1) is 99.1 Å². The second-order valence-corrected chi connectivity index (χ2v) is 26.9. The Morgan fingerprint density at radius 2 is 0.517 bits per heavy atom. The van der Waals surface area contributed by atoms with E-state index in [0.717, 1.165) is 82.9 Å². The van der Waals surface area contributed by atoms with Gasteiger partial charge in [-0.3, -0.25) is 0 Å². The van der Waals surface area contributed by atoms with Gasteiger partial charge < -0.3 is 0 Å². The first-order valence-corrected chi connectivity index (χ1v) is 28.5. The van der Waals surface area contributed by atoms with E-state index >= 15 is 0 Å². The fourth-order valence-corrected chi connectivity index (χ4v) is 16.5. The van der Waals surface area contributed by atoms with E-state index in [1.807, 2.05) is 0 Å². The van der Waals surface area contributed by atoms with Crippen molar-refractivity contribution in [3.8, 4) is 0 Å². The molecule has 0 spiro atoms. The summed E-state index contributed by atoms with van der Waals surface area (Å²) in [5.41, 5.74) is 1.53. The average Bonchev–Trinajstić information content (AvgIpc) is 3.21. The molecule has 15 atom stereocenters. The van der Waals surface area contributed by atoms with Crippen LogP contribution in [0.3, 0.4) is 0 Å². The zero-order valence-electron chi connectivity index (χ0n) is 43.5. The number of rotatable bonds is 4. The van der Waals surface area contributed by atoms with Crippen LogP contribution in [-0.2, 0) is 0 Å². The highest BCUT2D eigenvalue weighted by atomic mass is 14.6. The summed E-state index contributed by atoms with van der Waals surface area (Å²) in [5.74, 6) is 14.6. The molecule has 0 aromatic carbocycles. The minimum Gasteiger partial charge on any atom is -0.0625 e. The molecule has 8 fully saturated rings. The number of hydrogen-bond acceptors (Lipinski definition) is 0. The summed E-state index contributed by atoms with van der Waals surface area (Å²) >= 11 is 0. The van der Waals surface area contributed by atoms with Crippen LogP contribution in [0.4, 0.5) is 0 Å². The number of hydrogen-bond donors (Lipinski definition) is 0. The maximum Gasteiger partial charge on any atom is -0.0241 e. The molecule has 15 unspecified atom stereocenters. The van der Waals surface area contributed by atoms with Gasteiger partial charge in [0.15, 0.2) is 0 Å². The Hall–Kier alpha value is 0. The fraction of sp³-hybridized carbons (Fsp3) is 1.00. The van der Waals surface area contributed by atoms with E-state index in [1.54, 1.807) is 38.5 Å². The standard InChI is InChI=1S/C18H34.3C14H26/c1-14-9-7-10-15(13-14)18(6)12-8-11-16(2,3)17(18,4)5;3*1-11-5-3-7-13(9-11)14-8-4-6-12(2)10-14/h14-15H,7-13H2,1-6H3;3*11-14H,3-10H2,1-2H3. The van der Waals surface area contributed by atoms with Crippen LogP contribution in [0.5, 0.6) is 0 Å². The van der Waals surface area contributed by atoms with Crippen molar-refractivity contribution in [1.82, 2.24) is 0 Å². The van der Waals surface area contributed by atoms with Crippen molar-refractivity contribution in [2.24, 2.45) is 99.1 Å². The average molecular weight is 834 g/mol. The SMILES string of the molecule is CC1CCCC(C2(C)CCCC(C)(C)C2(C)C)C1.CC1CCCC(C2CCCC(C)C2)C1.CC1CCCC(C2CCCC(C)C2)C1.CC1CCCC(C2CCCC(C)C2)C1. The predicted octanol–water partition coefficient (Wildman–Crippen LogP) is 20.0. The van der Waals surface area contributed by atoms with E-state index in [0.29, 0.717) is 16.2 Å². The molecule has 352 valence electrons. The van der Waals surface area contributed by atoms with Gasteiger partial charge in [0.1, 0.15) is 0 Å². The quantitative estimate of drug-likeness (QED) is 0.265. The fourth-order valence-electron chi connectivity index (χ4n) is 16.5. The molecule has 8 aliphatic carbocycles. The highest BCUT2D eigenvalue weighted by Gasteiger charge is 2.56. The van der Waals surface area contributed by atoms with Gasteiger partial charge >= 0.3 is 0 Å². The lowest BCUT2D eigenvalue weighted by Crippen LogP contribution is -2.53. The summed E-state index contributed by atoms with van der Waals surface area (Å²) < 4.78 is 0. The van der Waals surface area contributed by atoms with Gasteiger partial charge in [-0.05, 0) is 163 Å². The van der Waals surface area contributed by atoms with Crippen molar-refractivity contribution in [1.29, 1.82) is 0 Å². The normalized spacial score (nSPS) is 44.6. The summed E-state index contributed by atoms with van der Waals surface area (Å²) in [4.78, 5) is 0. The molecule has 8 aliphatic rings. The molecule has 0 heteroatoms. The summed E-state index contributed by atoms with van der Waals surface area (Å²) in [6.45, 7) is 30.0. The van der Waals surface area contributed by atoms with E-state index in [1.165, 1.54) is 161 Å². The summed E-state index contributed by atoms with van der Waals surface area (Å²) in [6.07, 6.45) is 46.8. The Morgan fingerprint density at radius 3 is 0.767 bits per heavy atom. The van der Waals surface area contributed by atoms with E-state index in [4.69, 9.17) is 0 Å². The molecule has 0 nitrogen and oxygen atoms in total. The smallest absolute Gasteiger partial charge is 0.0241 e. The summed E-state index contributed by atoms with van der Waals surface area (Å²) in [6, 6.07) is 0. The van der Waals surface area contributed by atoms with Crippen LogP contribution in [0.1, 0.15) is 282 Å². The van der Waals surface area contributed by atoms with E-state index in [-0.39, 0.29) is 0 Å². The zero-order valence-corrected chi connectivity index (χ0v) is 43.5. The van der Waals surface area contributed by atoms with Crippen molar-refractivity contribution >= 4 is 0 Å². The molecule has 60 heavy (non-hydrogen) atoms. The highest BCUT2D eigenvalue weighted by Crippen LogP contribution is 2.64. The van der Waals surface area contributed by atoms with Gasteiger partial charge in [-0.15, -0.1) is 0 Å². The molecule has 0 bridgehead atoms. The largest absolute Gasteiger partial charge is 0.0625 e. The van der Waals surface area contributed by atoms with Gasteiger partial charge in [0.05, 0.1) is 0 Å². The predicted molar refractivity (Wildman–Crippen MR) is 267 cm³/mol. The van der Waals surface area contributed by atoms with Crippen LogP contribution >= 0.6 is 0 Å². The molecular formula is C60H112. The zero-order chi connectivity index (χ0) is 43.5. The Morgan fingerprint density at radius 1 is 0.267 bits per heavy atom. The molecule has 0 saturated heterocycles. The maximum atomic E-state index is 2.62. The van der Waals surface area contributed by atoms with Crippen molar-refractivity contribution in [3.05, 3.63) is 0 Å². The minimum atomic E-state index is 0.472. The monoisotopic (exact) mass is 833 g/mol. The van der Waals surface area contributed by atoms with E-state index < -0.39 is 0 Å². The third-order valence-corrected chi connectivity index (χ3v) is 21.3. The second kappa shape index (κ2) is 24.0. The van der Waals surface area contributed by atoms with E-state index in [9.17, 15) is 0 Å².